The van der Waals surface area contributed by atoms with E-state index in [2.05, 4.69) is 20.8 Å². The highest BCUT2D eigenvalue weighted by Gasteiger charge is 2.21. The van der Waals surface area contributed by atoms with Crippen LogP contribution in [0.25, 0.3) is 0 Å². The molecule has 0 aliphatic heterocycles. The molecule has 166 valence electrons. The van der Waals surface area contributed by atoms with E-state index >= 15 is 0 Å². The molecule has 2 aromatic heterocycles. The molecule has 9 heteroatoms. The third kappa shape index (κ3) is 5.37. The Labute approximate surface area is 184 Å². The summed E-state index contributed by atoms with van der Waals surface area (Å²) in [5.41, 5.74) is 1.46. The van der Waals surface area contributed by atoms with Gasteiger partial charge in [0.2, 0.25) is 5.91 Å². The Kier molecular flexibility index (Phi) is 6.38. The molecule has 0 bridgehead atoms. The fourth-order valence-corrected chi connectivity index (χ4v) is 2.98. The summed E-state index contributed by atoms with van der Waals surface area (Å²) in [6.07, 6.45) is 1.43. The first-order valence-corrected chi connectivity index (χ1v) is 9.91. The third-order valence-electron chi connectivity index (χ3n) is 4.72. The second-order valence-electron chi connectivity index (χ2n) is 8.35. The van der Waals surface area contributed by atoms with Gasteiger partial charge in [-0.1, -0.05) is 32.0 Å². The van der Waals surface area contributed by atoms with Crippen LogP contribution in [0.1, 0.15) is 58.5 Å². The van der Waals surface area contributed by atoms with Crippen molar-refractivity contribution in [1.29, 1.82) is 0 Å². The summed E-state index contributed by atoms with van der Waals surface area (Å²) < 4.78 is 5.27. The van der Waals surface area contributed by atoms with E-state index in [9.17, 15) is 19.5 Å². The van der Waals surface area contributed by atoms with Crippen molar-refractivity contribution >= 4 is 29.3 Å². The number of carboxylic acids is 1. The standard InChI is InChI=1S/C23H24N4O5/c1-13-10-15(25-21(29)16-6-5-9-24-20(16)22(30)31)8-7-14(13)11-19(28)26-18-12-17(32-27-18)23(2,3)4/h5-10,12H,11H2,1-4H3,(H,25,29)(H,30,31)(H,26,27,28). The Morgan fingerprint density at radius 3 is 2.47 bits per heavy atom. The zero-order chi connectivity index (χ0) is 23.5. The van der Waals surface area contributed by atoms with Gasteiger partial charge in [0.1, 0.15) is 5.76 Å². The van der Waals surface area contributed by atoms with E-state index < -0.39 is 11.9 Å². The number of carbonyl (C=O) groups is 3. The fraction of sp³-hybridized carbons (Fsp3) is 0.261. The van der Waals surface area contributed by atoms with Gasteiger partial charge in [0.25, 0.3) is 5.91 Å². The average molecular weight is 436 g/mol. The van der Waals surface area contributed by atoms with E-state index in [1.165, 1.54) is 18.3 Å². The Hall–Kier alpha value is -4.01. The number of benzene rings is 1. The molecule has 0 radical (unpaired) electrons. The molecule has 0 saturated carbocycles. The lowest BCUT2D eigenvalue weighted by Crippen LogP contribution is -2.18. The summed E-state index contributed by atoms with van der Waals surface area (Å²) in [5, 5.41) is 18.5. The second kappa shape index (κ2) is 9.01. The molecule has 1 aromatic carbocycles. The van der Waals surface area contributed by atoms with Gasteiger partial charge in [-0.05, 0) is 42.3 Å². The third-order valence-corrected chi connectivity index (χ3v) is 4.72. The van der Waals surface area contributed by atoms with Gasteiger partial charge >= 0.3 is 5.97 Å². The molecule has 3 N–H and O–H groups in total. The maximum absolute atomic E-state index is 12.5. The largest absolute Gasteiger partial charge is 0.476 e. The van der Waals surface area contributed by atoms with Gasteiger partial charge in [-0.15, -0.1) is 0 Å². The van der Waals surface area contributed by atoms with Crippen molar-refractivity contribution in [3.8, 4) is 0 Å². The number of pyridine rings is 1. The van der Waals surface area contributed by atoms with Crippen molar-refractivity contribution in [1.82, 2.24) is 10.1 Å². The van der Waals surface area contributed by atoms with Crippen molar-refractivity contribution in [3.63, 3.8) is 0 Å². The number of nitrogens with zero attached hydrogens (tertiary/aromatic N) is 2. The molecule has 2 amide bonds. The molecule has 0 spiro atoms. The molecule has 0 aliphatic rings. The highest BCUT2D eigenvalue weighted by Crippen LogP contribution is 2.24. The van der Waals surface area contributed by atoms with E-state index in [0.717, 1.165) is 11.1 Å². The van der Waals surface area contributed by atoms with E-state index in [4.69, 9.17) is 4.52 Å². The number of carboxylic acid groups (broad SMARTS) is 1. The minimum atomic E-state index is -1.28. The Balaban J connectivity index is 1.66. The van der Waals surface area contributed by atoms with Crippen molar-refractivity contribution < 1.29 is 24.0 Å². The molecule has 32 heavy (non-hydrogen) atoms. The number of hydrogen-bond acceptors (Lipinski definition) is 6. The van der Waals surface area contributed by atoms with Crippen molar-refractivity contribution in [2.24, 2.45) is 0 Å². The van der Waals surface area contributed by atoms with E-state index in [1.54, 1.807) is 24.3 Å². The number of aryl methyl sites for hydroxylation is 1. The minimum Gasteiger partial charge on any atom is -0.476 e. The summed E-state index contributed by atoms with van der Waals surface area (Å²) in [6, 6.07) is 9.69. The van der Waals surface area contributed by atoms with Gasteiger partial charge in [-0.3, -0.25) is 9.59 Å². The number of nitrogens with one attached hydrogen (secondary N) is 2. The summed E-state index contributed by atoms with van der Waals surface area (Å²) in [5.74, 6) is -1.09. The normalized spacial score (nSPS) is 11.1. The van der Waals surface area contributed by atoms with Gasteiger partial charge in [-0.25, -0.2) is 9.78 Å². The zero-order valence-electron chi connectivity index (χ0n) is 18.2. The Morgan fingerprint density at radius 1 is 1.09 bits per heavy atom. The zero-order valence-corrected chi connectivity index (χ0v) is 18.2. The lowest BCUT2D eigenvalue weighted by atomic mass is 9.93. The Morgan fingerprint density at radius 2 is 1.84 bits per heavy atom. The quantitative estimate of drug-likeness (QED) is 0.535. The molecule has 0 aliphatic carbocycles. The van der Waals surface area contributed by atoms with Crippen LogP contribution in [0.5, 0.6) is 0 Å². The van der Waals surface area contributed by atoms with Crippen molar-refractivity contribution in [3.05, 3.63) is 70.7 Å². The van der Waals surface area contributed by atoms with E-state index in [1.807, 2.05) is 27.7 Å². The number of aromatic nitrogens is 2. The lowest BCUT2D eigenvalue weighted by Gasteiger charge is -2.12. The number of amides is 2. The highest BCUT2D eigenvalue weighted by molar-refractivity contribution is 6.09. The smallest absolute Gasteiger partial charge is 0.355 e. The van der Waals surface area contributed by atoms with Gasteiger partial charge in [0.15, 0.2) is 11.5 Å². The topological polar surface area (TPSA) is 134 Å². The number of hydrogen-bond donors (Lipinski definition) is 3. The first-order chi connectivity index (χ1) is 15.0. The van der Waals surface area contributed by atoms with Crippen LogP contribution < -0.4 is 10.6 Å². The maximum atomic E-state index is 12.5. The second-order valence-corrected chi connectivity index (χ2v) is 8.35. The molecule has 3 aromatic rings. The molecule has 2 heterocycles. The molecule has 0 fully saturated rings. The predicted molar refractivity (Wildman–Crippen MR) is 118 cm³/mol. The monoisotopic (exact) mass is 436 g/mol. The molecule has 0 saturated heterocycles. The fourth-order valence-electron chi connectivity index (χ4n) is 2.98. The van der Waals surface area contributed by atoms with Gasteiger partial charge in [0.05, 0.1) is 12.0 Å². The van der Waals surface area contributed by atoms with Gasteiger partial charge in [0, 0.05) is 23.4 Å². The van der Waals surface area contributed by atoms with E-state index in [0.29, 0.717) is 17.3 Å². The van der Waals surface area contributed by atoms with Crippen LogP contribution in [0.3, 0.4) is 0 Å². The number of carbonyl (C=O) groups excluding carboxylic acids is 2. The van der Waals surface area contributed by atoms with Crippen molar-refractivity contribution in [2.45, 2.75) is 39.5 Å². The first kappa shape index (κ1) is 22.7. The summed E-state index contributed by atoms with van der Waals surface area (Å²) in [4.78, 5) is 39.9. The van der Waals surface area contributed by atoms with Gasteiger partial charge in [-0.2, -0.15) is 0 Å². The van der Waals surface area contributed by atoms with Crippen LogP contribution in [-0.2, 0) is 16.6 Å². The number of aromatic carboxylic acids is 1. The summed E-state index contributed by atoms with van der Waals surface area (Å²) >= 11 is 0. The lowest BCUT2D eigenvalue weighted by molar-refractivity contribution is -0.115. The molecular formula is C23H24N4O5. The minimum absolute atomic E-state index is 0.0386. The molecule has 0 atom stereocenters. The highest BCUT2D eigenvalue weighted by atomic mass is 16.5. The number of rotatable bonds is 6. The van der Waals surface area contributed by atoms with Crippen molar-refractivity contribution in [2.75, 3.05) is 10.6 Å². The van der Waals surface area contributed by atoms with Crippen LogP contribution >= 0.6 is 0 Å². The summed E-state index contributed by atoms with van der Waals surface area (Å²) in [7, 11) is 0. The SMILES string of the molecule is Cc1cc(NC(=O)c2cccnc2C(=O)O)ccc1CC(=O)Nc1cc(C(C)(C)C)on1. The Bertz CT molecular complexity index is 1180. The molecular weight excluding hydrogens is 412 g/mol. The van der Waals surface area contributed by atoms with Gasteiger partial charge < -0.3 is 20.3 Å². The van der Waals surface area contributed by atoms with E-state index in [-0.39, 0.29) is 29.0 Å². The first-order valence-electron chi connectivity index (χ1n) is 9.91. The molecule has 0 unspecified atom stereocenters. The number of anilines is 2. The van der Waals surface area contributed by atoms with Crippen LogP contribution in [-0.4, -0.2) is 33.0 Å². The van der Waals surface area contributed by atoms with Crippen LogP contribution in [0.2, 0.25) is 0 Å². The predicted octanol–water partition coefficient (Wildman–Crippen LogP) is 3.81. The van der Waals surface area contributed by atoms with Crippen LogP contribution in [0, 0.1) is 6.92 Å². The van der Waals surface area contributed by atoms with Crippen LogP contribution in [0.4, 0.5) is 11.5 Å². The summed E-state index contributed by atoms with van der Waals surface area (Å²) in [6.45, 7) is 7.78. The maximum Gasteiger partial charge on any atom is 0.355 e. The van der Waals surface area contributed by atoms with Crippen LogP contribution in [0.15, 0.2) is 47.1 Å². The molecule has 3 rings (SSSR count). The average Bonchev–Trinajstić information content (AvgIpc) is 3.19. The molecule has 9 nitrogen and oxygen atoms in total.